The van der Waals surface area contributed by atoms with Crippen LogP contribution in [0.3, 0.4) is 0 Å². The normalized spacial score (nSPS) is 21.4. The zero-order valence-electron chi connectivity index (χ0n) is 17.6. The molecule has 2 aliphatic rings. The fourth-order valence-electron chi connectivity index (χ4n) is 4.45. The molecule has 1 amide bonds. The van der Waals surface area contributed by atoms with Crippen molar-refractivity contribution in [2.24, 2.45) is 0 Å². The predicted molar refractivity (Wildman–Crippen MR) is 113 cm³/mol. The molecular weight excluding hydrogens is 366 g/mol. The molecule has 1 fully saturated rings. The highest BCUT2D eigenvalue weighted by molar-refractivity contribution is 5.84. The van der Waals surface area contributed by atoms with E-state index in [1.54, 1.807) is 14.2 Å². The third-order valence-corrected chi connectivity index (χ3v) is 6.28. The topological polar surface area (TPSA) is 63.7 Å². The largest absolute Gasteiger partial charge is 0.497 e. The van der Waals surface area contributed by atoms with Crippen molar-refractivity contribution >= 4 is 11.7 Å². The molecule has 154 valence electrons. The maximum atomic E-state index is 13.3. The van der Waals surface area contributed by atoms with Crippen LogP contribution in [-0.4, -0.2) is 48.6 Å². The van der Waals surface area contributed by atoms with E-state index in [0.717, 1.165) is 42.9 Å². The van der Waals surface area contributed by atoms with Gasteiger partial charge in [0.2, 0.25) is 5.91 Å². The maximum absolute atomic E-state index is 13.3. The molecule has 1 aromatic carbocycles. The molecule has 1 spiro atoms. The summed E-state index contributed by atoms with van der Waals surface area (Å²) >= 11 is 0. The number of anilines is 1. The minimum atomic E-state index is -0.259. The summed E-state index contributed by atoms with van der Waals surface area (Å²) in [6.45, 7) is 5.44. The summed E-state index contributed by atoms with van der Waals surface area (Å²) in [6.07, 6.45) is 2.97. The summed E-state index contributed by atoms with van der Waals surface area (Å²) in [5.41, 5.74) is 3.11. The van der Waals surface area contributed by atoms with Crippen molar-refractivity contribution in [3.05, 3.63) is 47.2 Å². The van der Waals surface area contributed by atoms with Gasteiger partial charge < -0.3 is 19.7 Å². The van der Waals surface area contributed by atoms with Gasteiger partial charge in [0.05, 0.1) is 25.7 Å². The average molecular weight is 396 g/mol. The number of carbonyl (C=O) groups excluding carboxylic acids is 1. The van der Waals surface area contributed by atoms with E-state index in [1.165, 1.54) is 5.56 Å². The number of methoxy groups -OCH3 is 2. The first-order chi connectivity index (χ1) is 13.9. The zero-order valence-corrected chi connectivity index (χ0v) is 17.6. The Morgan fingerprint density at radius 3 is 2.59 bits per heavy atom. The zero-order chi connectivity index (χ0) is 20.6. The van der Waals surface area contributed by atoms with Gasteiger partial charge >= 0.3 is 0 Å². The maximum Gasteiger partial charge on any atom is 0.229 e. The number of aromatic nitrogens is 1. The number of amides is 1. The Bertz CT molecular complexity index is 907. The second kappa shape index (κ2) is 7.58. The molecule has 2 atom stereocenters. The number of pyridine rings is 1. The van der Waals surface area contributed by atoms with Crippen LogP contribution in [-0.2, 0) is 11.2 Å². The van der Waals surface area contributed by atoms with Crippen LogP contribution in [0.1, 0.15) is 42.5 Å². The number of hydrogen-bond acceptors (Lipinski definition) is 5. The molecule has 6 nitrogen and oxygen atoms in total. The molecule has 1 unspecified atom stereocenters. The molecule has 29 heavy (non-hydrogen) atoms. The quantitative estimate of drug-likeness (QED) is 0.858. The Hall–Kier alpha value is -2.76. The highest BCUT2D eigenvalue weighted by atomic mass is 16.5. The Morgan fingerprint density at radius 2 is 1.90 bits per heavy atom. The van der Waals surface area contributed by atoms with Crippen molar-refractivity contribution < 1.29 is 14.3 Å². The van der Waals surface area contributed by atoms with Crippen molar-refractivity contribution in [1.29, 1.82) is 0 Å². The molecule has 2 aliphatic heterocycles. The highest BCUT2D eigenvalue weighted by Crippen LogP contribution is 2.37. The first-order valence-electron chi connectivity index (χ1n) is 10.2. The number of nitrogens with one attached hydrogen (secondary N) is 1. The molecule has 3 heterocycles. The lowest BCUT2D eigenvalue weighted by Crippen LogP contribution is -2.46. The summed E-state index contributed by atoms with van der Waals surface area (Å²) in [6, 6.07) is 9.88. The Morgan fingerprint density at radius 1 is 1.17 bits per heavy atom. The number of hydrogen-bond donors (Lipinski definition) is 1. The molecule has 1 N–H and O–H groups in total. The number of likely N-dealkylation sites (tertiary alicyclic amines) is 1. The van der Waals surface area contributed by atoms with Gasteiger partial charge in [-0.25, -0.2) is 4.98 Å². The summed E-state index contributed by atoms with van der Waals surface area (Å²) in [4.78, 5) is 19.9. The molecular formula is C23H29N3O3. The number of fused-ring (bicyclic) bond motifs is 1. The van der Waals surface area contributed by atoms with E-state index in [2.05, 4.69) is 22.4 Å². The predicted octanol–water partition coefficient (Wildman–Crippen LogP) is 3.54. The van der Waals surface area contributed by atoms with Crippen LogP contribution < -0.4 is 14.8 Å². The van der Waals surface area contributed by atoms with E-state index in [4.69, 9.17) is 9.47 Å². The summed E-state index contributed by atoms with van der Waals surface area (Å²) in [5.74, 6) is 2.26. The molecule has 0 aliphatic carbocycles. The van der Waals surface area contributed by atoms with Crippen LogP contribution in [0.4, 0.5) is 5.82 Å². The Balaban J connectivity index is 1.50. The Kier molecular flexibility index (Phi) is 5.11. The van der Waals surface area contributed by atoms with E-state index in [-0.39, 0.29) is 17.4 Å². The lowest BCUT2D eigenvalue weighted by molar-refractivity contribution is -0.131. The van der Waals surface area contributed by atoms with E-state index in [0.29, 0.717) is 18.0 Å². The van der Waals surface area contributed by atoms with Crippen LogP contribution in [0.5, 0.6) is 11.5 Å². The summed E-state index contributed by atoms with van der Waals surface area (Å²) in [5, 5.41) is 3.67. The van der Waals surface area contributed by atoms with Gasteiger partial charge in [0.1, 0.15) is 17.3 Å². The van der Waals surface area contributed by atoms with Gasteiger partial charge in [0, 0.05) is 24.8 Å². The van der Waals surface area contributed by atoms with Crippen LogP contribution in [0, 0.1) is 6.92 Å². The van der Waals surface area contributed by atoms with Gasteiger partial charge in [-0.05, 0) is 62.4 Å². The number of rotatable bonds is 4. The van der Waals surface area contributed by atoms with E-state index in [1.807, 2.05) is 36.9 Å². The van der Waals surface area contributed by atoms with Gasteiger partial charge in [-0.3, -0.25) is 4.79 Å². The molecule has 0 radical (unpaired) electrons. The molecule has 4 rings (SSSR count). The second-order valence-corrected chi connectivity index (χ2v) is 8.24. The van der Waals surface area contributed by atoms with E-state index < -0.39 is 0 Å². The first-order valence-corrected chi connectivity index (χ1v) is 10.2. The molecule has 1 aromatic heterocycles. The SMILES string of the molecule is COc1cc(OC)cc([C@@H](C)C(=O)N2CCC3(CCc4ccc(C)nc4N3)C2)c1. The second-order valence-electron chi connectivity index (χ2n) is 8.24. The van der Waals surface area contributed by atoms with Gasteiger partial charge in [-0.15, -0.1) is 0 Å². The van der Waals surface area contributed by atoms with Crippen molar-refractivity contribution in [1.82, 2.24) is 9.88 Å². The lowest BCUT2D eigenvalue weighted by Gasteiger charge is -2.36. The van der Waals surface area contributed by atoms with Crippen LogP contribution in [0.15, 0.2) is 30.3 Å². The molecule has 2 aromatic rings. The molecule has 0 saturated carbocycles. The van der Waals surface area contributed by atoms with E-state index >= 15 is 0 Å². The van der Waals surface area contributed by atoms with Crippen LogP contribution in [0.25, 0.3) is 0 Å². The number of nitrogens with zero attached hydrogens (tertiary/aromatic N) is 2. The standard InChI is InChI=1S/C23H29N3O3/c1-15-5-6-17-7-8-23(25-21(17)24-15)9-10-26(14-23)22(27)16(2)18-11-19(28-3)13-20(12-18)29-4/h5-6,11-13,16H,7-10,14H2,1-4H3,(H,24,25)/t16-,23?/m1/s1. The van der Waals surface area contributed by atoms with Crippen LogP contribution in [0.2, 0.25) is 0 Å². The first kappa shape index (κ1) is 19.6. The minimum absolute atomic E-state index is 0.0742. The van der Waals surface area contributed by atoms with Gasteiger partial charge in [0.15, 0.2) is 0 Å². The smallest absolute Gasteiger partial charge is 0.229 e. The van der Waals surface area contributed by atoms with Crippen molar-refractivity contribution in [3.63, 3.8) is 0 Å². The molecule has 0 bridgehead atoms. The van der Waals surface area contributed by atoms with Gasteiger partial charge in [-0.1, -0.05) is 6.07 Å². The summed E-state index contributed by atoms with van der Waals surface area (Å²) < 4.78 is 10.7. The molecule has 6 heteroatoms. The van der Waals surface area contributed by atoms with Crippen molar-refractivity contribution in [3.8, 4) is 11.5 Å². The minimum Gasteiger partial charge on any atom is -0.497 e. The third kappa shape index (κ3) is 3.76. The van der Waals surface area contributed by atoms with Crippen LogP contribution >= 0.6 is 0 Å². The number of carbonyl (C=O) groups is 1. The lowest BCUT2D eigenvalue weighted by atomic mass is 9.86. The third-order valence-electron chi connectivity index (χ3n) is 6.28. The van der Waals surface area contributed by atoms with Gasteiger partial charge in [0.25, 0.3) is 0 Å². The number of ether oxygens (including phenoxy) is 2. The monoisotopic (exact) mass is 395 g/mol. The fraction of sp³-hybridized carbons (Fsp3) is 0.478. The summed E-state index contributed by atoms with van der Waals surface area (Å²) in [7, 11) is 3.25. The Labute approximate surface area is 172 Å². The fourth-order valence-corrected chi connectivity index (χ4v) is 4.45. The average Bonchev–Trinajstić information content (AvgIpc) is 3.15. The van der Waals surface area contributed by atoms with Crippen molar-refractivity contribution in [2.75, 3.05) is 32.6 Å². The highest BCUT2D eigenvalue weighted by Gasteiger charge is 2.43. The molecule has 1 saturated heterocycles. The van der Waals surface area contributed by atoms with Gasteiger partial charge in [-0.2, -0.15) is 0 Å². The van der Waals surface area contributed by atoms with Crippen molar-refractivity contribution in [2.45, 2.75) is 44.6 Å². The van der Waals surface area contributed by atoms with E-state index in [9.17, 15) is 4.79 Å². The number of aryl methyl sites for hydroxylation is 2. The number of benzene rings is 1.